The minimum absolute atomic E-state index is 0.376. The lowest BCUT2D eigenvalue weighted by Crippen LogP contribution is -2.56. The Labute approximate surface area is 117 Å². The molecule has 106 valence electrons. The summed E-state index contributed by atoms with van der Waals surface area (Å²) in [5, 5.41) is 3.55. The Morgan fingerprint density at radius 1 is 1.47 bits per heavy atom. The Bertz CT molecular complexity index is 388. The molecule has 3 heteroatoms. The molecule has 1 heterocycles. The van der Waals surface area contributed by atoms with Crippen LogP contribution in [-0.4, -0.2) is 36.1 Å². The van der Waals surface area contributed by atoms with Gasteiger partial charge < -0.3 is 5.32 Å². The van der Waals surface area contributed by atoms with Gasteiger partial charge in [-0.25, -0.2) is 0 Å². The standard InChI is InChI=1S/C16H27N3/c1-16(2)9-5-8-14(15(16)17-3)19(4)12-13-7-6-10-18-11-13/h6-7,10-11,14-15,17H,5,8-9,12H2,1-4H3. The van der Waals surface area contributed by atoms with Crippen LogP contribution in [0, 0.1) is 5.41 Å². The molecule has 1 saturated carbocycles. The molecule has 2 rings (SSSR count). The van der Waals surface area contributed by atoms with Crippen LogP contribution < -0.4 is 5.32 Å². The maximum Gasteiger partial charge on any atom is 0.0312 e. The van der Waals surface area contributed by atoms with Crippen LogP contribution in [0.4, 0.5) is 0 Å². The molecule has 19 heavy (non-hydrogen) atoms. The molecule has 1 aromatic heterocycles. The van der Waals surface area contributed by atoms with Crippen molar-refractivity contribution in [2.24, 2.45) is 5.41 Å². The second-order valence-electron chi connectivity index (χ2n) is 6.49. The first-order valence-corrected chi connectivity index (χ1v) is 7.31. The van der Waals surface area contributed by atoms with E-state index < -0.39 is 0 Å². The SMILES string of the molecule is CNC1C(N(C)Cc2cccnc2)CCCC1(C)C. The summed E-state index contributed by atoms with van der Waals surface area (Å²) in [5.74, 6) is 0. The fourth-order valence-corrected chi connectivity index (χ4v) is 3.56. The Hall–Kier alpha value is -0.930. The number of pyridine rings is 1. The van der Waals surface area contributed by atoms with Crippen molar-refractivity contribution < 1.29 is 0 Å². The largest absolute Gasteiger partial charge is 0.315 e. The lowest BCUT2D eigenvalue weighted by molar-refractivity contribution is 0.0632. The number of aromatic nitrogens is 1. The molecule has 0 spiro atoms. The van der Waals surface area contributed by atoms with Gasteiger partial charge in [0.1, 0.15) is 0 Å². The van der Waals surface area contributed by atoms with Gasteiger partial charge in [0.2, 0.25) is 0 Å². The molecule has 2 atom stereocenters. The van der Waals surface area contributed by atoms with E-state index in [2.05, 4.69) is 49.2 Å². The molecule has 0 aromatic carbocycles. The van der Waals surface area contributed by atoms with Crippen LogP contribution in [0.25, 0.3) is 0 Å². The van der Waals surface area contributed by atoms with E-state index in [9.17, 15) is 0 Å². The summed E-state index contributed by atoms with van der Waals surface area (Å²) in [7, 11) is 4.34. The summed E-state index contributed by atoms with van der Waals surface area (Å²) >= 11 is 0. The third kappa shape index (κ3) is 3.34. The molecule has 0 amide bonds. The third-order valence-electron chi connectivity index (χ3n) is 4.58. The lowest BCUT2D eigenvalue weighted by atomic mass is 9.70. The predicted octanol–water partition coefficient (Wildman–Crippen LogP) is 2.68. The highest BCUT2D eigenvalue weighted by atomic mass is 15.2. The number of hydrogen-bond acceptors (Lipinski definition) is 3. The van der Waals surface area contributed by atoms with E-state index in [0.717, 1.165) is 6.54 Å². The fraction of sp³-hybridized carbons (Fsp3) is 0.688. The molecule has 0 radical (unpaired) electrons. The van der Waals surface area contributed by atoms with Gasteiger partial charge in [0.25, 0.3) is 0 Å². The van der Waals surface area contributed by atoms with Crippen molar-refractivity contribution in [3.8, 4) is 0 Å². The zero-order chi connectivity index (χ0) is 13.9. The van der Waals surface area contributed by atoms with Gasteiger partial charge in [-0.1, -0.05) is 26.3 Å². The minimum Gasteiger partial charge on any atom is -0.315 e. The van der Waals surface area contributed by atoms with Gasteiger partial charge in [-0.05, 0) is 44.0 Å². The molecule has 1 fully saturated rings. The smallest absolute Gasteiger partial charge is 0.0312 e. The zero-order valence-corrected chi connectivity index (χ0v) is 12.7. The third-order valence-corrected chi connectivity index (χ3v) is 4.58. The van der Waals surface area contributed by atoms with E-state index in [4.69, 9.17) is 0 Å². The lowest BCUT2D eigenvalue weighted by Gasteiger charge is -2.47. The molecule has 1 aliphatic carbocycles. The molecule has 1 aliphatic rings. The highest BCUT2D eigenvalue weighted by Gasteiger charge is 2.39. The molecule has 0 bridgehead atoms. The van der Waals surface area contributed by atoms with Gasteiger partial charge in [-0.15, -0.1) is 0 Å². The summed E-state index contributed by atoms with van der Waals surface area (Å²) in [6.07, 6.45) is 7.73. The summed E-state index contributed by atoms with van der Waals surface area (Å²) in [4.78, 5) is 6.69. The second-order valence-corrected chi connectivity index (χ2v) is 6.49. The molecule has 2 unspecified atom stereocenters. The van der Waals surface area contributed by atoms with Crippen LogP contribution >= 0.6 is 0 Å². The van der Waals surface area contributed by atoms with E-state index >= 15 is 0 Å². The van der Waals surface area contributed by atoms with Gasteiger partial charge >= 0.3 is 0 Å². The van der Waals surface area contributed by atoms with Crippen molar-refractivity contribution >= 4 is 0 Å². The Morgan fingerprint density at radius 2 is 2.26 bits per heavy atom. The van der Waals surface area contributed by atoms with E-state index in [1.54, 1.807) is 0 Å². The Balaban J connectivity index is 2.07. The average molecular weight is 261 g/mol. The molecule has 0 aliphatic heterocycles. The first kappa shape index (κ1) is 14.5. The van der Waals surface area contributed by atoms with Crippen molar-refractivity contribution in [3.05, 3.63) is 30.1 Å². The fourth-order valence-electron chi connectivity index (χ4n) is 3.56. The van der Waals surface area contributed by atoms with Crippen molar-refractivity contribution in [2.75, 3.05) is 14.1 Å². The van der Waals surface area contributed by atoms with E-state index in [1.807, 2.05) is 18.5 Å². The first-order valence-electron chi connectivity index (χ1n) is 7.31. The van der Waals surface area contributed by atoms with Crippen molar-refractivity contribution in [1.29, 1.82) is 0 Å². The van der Waals surface area contributed by atoms with Crippen molar-refractivity contribution in [1.82, 2.24) is 15.2 Å². The number of nitrogens with one attached hydrogen (secondary N) is 1. The number of hydrogen-bond donors (Lipinski definition) is 1. The highest BCUT2D eigenvalue weighted by molar-refractivity contribution is 5.09. The number of nitrogens with zero attached hydrogens (tertiary/aromatic N) is 2. The van der Waals surface area contributed by atoms with E-state index in [1.165, 1.54) is 24.8 Å². The molecule has 1 aromatic rings. The van der Waals surface area contributed by atoms with E-state index in [0.29, 0.717) is 17.5 Å². The number of rotatable bonds is 4. The minimum atomic E-state index is 0.376. The van der Waals surface area contributed by atoms with E-state index in [-0.39, 0.29) is 0 Å². The Kier molecular flexibility index (Phi) is 4.58. The van der Waals surface area contributed by atoms with Gasteiger partial charge in [0, 0.05) is 31.0 Å². The maximum absolute atomic E-state index is 4.21. The van der Waals surface area contributed by atoms with Gasteiger partial charge in [0.15, 0.2) is 0 Å². The average Bonchev–Trinajstić information content (AvgIpc) is 2.38. The second kappa shape index (κ2) is 6.02. The predicted molar refractivity (Wildman–Crippen MR) is 80.0 cm³/mol. The van der Waals surface area contributed by atoms with Crippen LogP contribution in [-0.2, 0) is 6.54 Å². The maximum atomic E-state index is 4.21. The van der Waals surface area contributed by atoms with Gasteiger partial charge in [-0.3, -0.25) is 9.88 Å². The summed E-state index contributed by atoms with van der Waals surface area (Å²) in [6, 6.07) is 5.34. The summed E-state index contributed by atoms with van der Waals surface area (Å²) in [6.45, 7) is 5.75. The molecule has 1 N–H and O–H groups in total. The first-order chi connectivity index (χ1) is 9.04. The normalized spacial score (nSPS) is 26.6. The molecular formula is C16H27N3. The van der Waals surface area contributed by atoms with Crippen LogP contribution in [0.15, 0.2) is 24.5 Å². The number of likely N-dealkylation sites (N-methyl/N-ethyl adjacent to an activating group) is 2. The molecule has 0 saturated heterocycles. The van der Waals surface area contributed by atoms with Gasteiger partial charge in [0.05, 0.1) is 0 Å². The molecular weight excluding hydrogens is 234 g/mol. The topological polar surface area (TPSA) is 28.2 Å². The van der Waals surface area contributed by atoms with Crippen molar-refractivity contribution in [2.45, 2.75) is 51.7 Å². The van der Waals surface area contributed by atoms with Crippen LogP contribution in [0.1, 0.15) is 38.7 Å². The summed E-state index contributed by atoms with van der Waals surface area (Å²) < 4.78 is 0. The van der Waals surface area contributed by atoms with Crippen LogP contribution in [0.5, 0.6) is 0 Å². The Morgan fingerprint density at radius 3 is 2.89 bits per heavy atom. The zero-order valence-electron chi connectivity index (χ0n) is 12.7. The quantitative estimate of drug-likeness (QED) is 0.903. The summed E-state index contributed by atoms with van der Waals surface area (Å²) in [5.41, 5.74) is 1.67. The van der Waals surface area contributed by atoms with Crippen molar-refractivity contribution in [3.63, 3.8) is 0 Å². The van der Waals surface area contributed by atoms with Crippen LogP contribution in [0.3, 0.4) is 0 Å². The molecule has 3 nitrogen and oxygen atoms in total. The monoisotopic (exact) mass is 261 g/mol. The highest BCUT2D eigenvalue weighted by Crippen LogP contribution is 2.37. The van der Waals surface area contributed by atoms with Crippen LogP contribution in [0.2, 0.25) is 0 Å². The van der Waals surface area contributed by atoms with Gasteiger partial charge in [-0.2, -0.15) is 0 Å².